The van der Waals surface area contributed by atoms with Crippen LogP contribution in [0.4, 0.5) is 5.69 Å². The third-order valence-corrected chi connectivity index (χ3v) is 7.89. The maximum Gasteiger partial charge on any atom is 0.280 e. The van der Waals surface area contributed by atoms with Crippen molar-refractivity contribution in [2.45, 2.75) is 51.6 Å². The number of aromatic nitrogens is 1. The highest BCUT2D eigenvalue weighted by Gasteiger charge is 2.37. The van der Waals surface area contributed by atoms with Crippen molar-refractivity contribution in [2.24, 2.45) is 0 Å². The molecule has 4 rings (SSSR count). The van der Waals surface area contributed by atoms with Gasteiger partial charge in [0, 0.05) is 11.7 Å². The standard InChI is InChI=1S/C26H27Cl2N3O3S/c1-15-8-9-16(2)20(14-15)31(26(33)22-21(27)24(28)35-30-22)23(17-10-12-19(34-3)13-11-17)25(32)29-18-6-4-5-7-18/h8-14,18,23H,4-7H2,1-3H3,(H,29,32)/t23-/m1/s1. The lowest BCUT2D eigenvalue weighted by Gasteiger charge is -2.33. The molecule has 3 aromatic rings. The van der Waals surface area contributed by atoms with E-state index in [2.05, 4.69) is 9.69 Å². The maximum atomic E-state index is 14.0. The van der Waals surface area contributed by atoms with Crippen LogP contribution in [-0.2, 0) is 4.79 Å². The predicted molar refractivity (Wildman–Crippen MR) is 141 cm³/mol. The van der Waals surface area contributed by atoms with Gasteiger partial charge in [-0.2, -0.15) is 4.37 Å². The number of aryl methyl sites for hydroxylation is 2. The summed E-state index contributed by atoms with van der Waals surface area (Å²) < 4.78 is 9.75. The molecule has 1 aliphatic carbocycles. The molecular formula is C26H27Cl2N3O3S. The Morgan fingerprint density at radius 2 is 1.80 bits per heavy atom. The van der Waals surface area contributed by atoms with Gasteiger partial charge in [0.05, 0.1) is 7.11 Å². The number of halogens is 2. The minimum Gasteiger partial charge on any atom is -0.497 e. The quantitative estimate of drug-likeness (QED) is 0.376. The molecule has 1 fully saturated rings. The Hall–Kier alpha value is -2.61. The number of nitrogens with one attached hydrogen (secondary N) is 1. The minimum atomic E-state index is -0.953. The SMILES string of the molecule is COc1ccc([C@H](C(=O)NC2CCCC2)N(C(=O)c2nsc(Cl)c2Cl)c2cc(C)ccc2C)cc1. The predicted octanol–water partition coefficient (Wildman–Crippen LogP) is 6.52. The van der Waals surface area contributed by atoms with E-state index < -0.39 is 11.9 Å². The van der Waals surface area contributed by atoms with Crippen molar-refractivity contribution in [1.29, 1.82) is 0 Å². The molecule has 2 aromatic carbocycles. The summed E-state index contributed by atoms with van der Waals surface area (Å²) in [5.74, 6) is -0.0920. The van der Waals surface area contributed by atoms with E-state index in [9.17, 15) is 9.59 Å². The number of hydrogen-bond donors (Lipinski definition) is 1. The van der Waals surface area contributed by atoms with Crippen LogP contribution < -0.4 is 15.0 Å². The van der Waals surface area contributed by atoms with Crippen LogP contribution in [0.25, 0.3) is 0 Å². The van der Waals surface area contributed by atoms with Gasteiger partial charge in [-0.15, -0.1) is 0 Å². The molecule has 6 nitrogen and oxygen atoms in total. The highest BCUT2D eigenvalue weighted by Crippen LogP contribution is 2.37. The van der Waals surface area contributed by atoms with Gasteiger partial charge in [0.25, 0.3) is 5.91 Å². The molecule has 2 amide bonds. The third-order valence-electron chi connectivity index (χ3n) is 6.28. The number of carbonyl (C=O) groups excluding carboxylic acids is 2. The van der Waals surface area contributed by atoms with Crippen molar-refractivity contribution < 1.29 is 14.3 Å². The van der Waals surface area contributed by atoms with Crippen LogP contribution in [0.3, 0.4) is 0 Å². The fraction of sp³-hybridized carbons (Fsp3) is 0.346. The Morgan fingerprint density at radius 3 is 2.40 bits per heavy atom. The van der Waals surface area contributed by atoms with Crippen molar-refractivity contribution in [1.82, 2.24) is 9.69 Å². The second-order valence-electron chi connectivity index (χ2n) is 8.75. The zero-order valence-electron chi connectivity index (χ0n) is 19.8. The van der Waals surface area contributed by atoms with E-state index in [1.165, 1.54) is 4.90 Å². The topological polar surface area (TPSA) is 71.5 Å². The number of benzene rings is 2. The zero-order valence-corrected chi connectivity index (χ0v) is 22.1. The molecule has 1 N–H and O–H groups in total. The number of hydrogen-bond acceptors (Lipinski definition) is 5. The first-order chi connectivity index (χ1) is 16.8. The van der Waals surface area contributed by atoms with Crippen LogP contribution in [0.1, 0.15) is 58.9 Å². The lowest BCUT2D eigenvalue weighted by atomic mass is 10.00. The normalized spacial score (nSPS) is 14.5. The molecule has 0 bridgehead atoms. The molecule has 1 aliphatic rings. The van der Waals surface area contributed by atoms with Crippen LogP contribution in [0, 0.1) is 13.8 Å². The fourth-order valence-corrected chi connectivity index (χ4v) is 5.39. The Balaban J connectivity index is 1.88. The van der Waals surface area contributed by atoms with Gasteiger partial charge in [0.1, 0.15) is 21.2 Å². The zero-order chi connectivity index (χ0) is 25.1. The summed E-state index contributed by atoms with van der Waals surface area (Å²) in [4.78, 5) is 29.4. The number of amides is 2. The summed E-state index contributed by atoms with van der Waals surface area (Å²) >= 11 is 13.5. The average molecular weight is 532 g/mol. The summed E-state index contributed by atoms with van der Waals surface area (Å²) in [6.45, 7) is 3.85. The lowest BCUT2D eigenvalue weighted by molar-refractivity contribution is -0.123. The van der Waals surface area contributed by atoms with Crippen molar-refractivity contribution in [3.63, 3.8) is 0 Å². The number of ether oxygens (including phenoxy) is 1. The summed E-state index contributed by atoms with van der Waals surface area (Å²) in [7, 11) is 1.58. The largest absolute Gasteiger partial charge is 0.497 e. The van der Waals surface area contributed by atoms with Crippen LogP contribution in [0.5, 0.6) is 5.75 Å². The number of nitrogens with zero attached hydrogens (tertiary/aromatic N) is 2. The van der Waals surface area contributed by atoms with Crippen LogP contribution in [0.15, 0.2) is 42.5 Å². The molecule has 184 valence electrons. The summed E-state index contributed by atoms with van der Waals surface area (Å²) in [5.41, 5.74) is 3.07. The highest BCUT2D eigenvalue weighted by molar-refractivity contribution is 7.11. The Bertz CT molecular complexity index is 1220. The summed E-state index contributed by atoms with van der Waals surface area (Å²) in [6, 6.07) is 12.1. The molecule has 35 heavy (non-hydrogen) atoms. The second-order valence-corrected chi connectivity index (χ2v) is 10.5. The number of rotatable bonds is 7. The molecule has 0 aliphatic heterocycles. The van der Waals surface area contributed by atoms with Crippen LogP contribution >= 0.6 is 34.7 Å². The smallest absolute Gasteiger partial charge is 0.280 e. The van der Waals surface area contributed by atoms with Gasteiger partial charge in [-0.05, 0) is 73.1 Å². The number of anilines is 1. The fourth-order valence-electron chi connectivity index (χ4n) is 4.40. The minimum absolute atomic E-state index is 0.0229. The Kier molecular flexibility index (Phi) is 7.99. The molecule has 0 spiro atoms. The van der Waals surface area contributed by atoms with Gasteiger partial charge in [-0.25, -0.2) is 0 Å². The maximum absolute atomic E-state index is 14.0. The van der Waals surface area contributed by atoms with Crippen molar-refractivity contribution in [2.75, 3.05) is 12.0 Å². The van der Waals surface area contributed by atoms with E-state index in [1.54, 1.807) is 31.4 Å². The Labute approximate surface area is 219 Å². The van der Waals surface area contributed by atoms with E-state index in [-0.39, 0.29) is 27.0 Å². The van der Waals surface area contributed by atoms with Gasteiger partial charge < -0.3 is 10.1 Å². The average Bonchev–Trinajstić information content (AvgIpc) is 3.48. The van der Waals surface area contributed by atoms with Crippen LogP contribution in [-0.4, -0.2) is 29.3 Å². The Morgan fingerprint density at radius 1 is 1.11 bits per heavy atom. The van der Waals surface area contributed by atoms with E-state index >= 15 is 0 Å². The van der Waals surface area contributed by atoms with Gasteiger partial charge in [-0.1, -0.05) is 60.3 Å². The molecule has 0 radical (unpaired) electrons. The highest BCUT2D eigenvalue weighted by atomic mass is 35.5. The molecule has 0 saturated heterocycles. The number of carbonyl (C=O) groups is 2. The molecule has 0 unspecified atom stereocenters. The molecule has 1 heterocycles. The van der Waals surface area contributed by atoms with Gasteiger partial charge in [0.2, 0.25) is 5.91 Å². The van der Waals surface area contributed by atoms with E-state index in [1.807, 2.05) is 32.0 Å². The molecule has 9 heteroatoms. The van der Waals surface area contributed by atoms with Gasteiger partial charge in [-0.3, -0.25) is 14.5 Å². The number of methoxy groups -OCH3 is 1. The first kappa shape index (κ1) is 25.5. The van der Waals surface area contributed by atoms with Gasteiger partial charge in [0.15, 0.2) is 5.69 Å². The van der Waals surface area contributed by atoms with Crippen molar-refractivity contribution in [3.8, 4) is 5.75 Å². The first-order valence-corrected chi connectivity index (χ1v) is 13.0. The van der Waals surface area contributed by atoms with E-state index in [4.69, 9.17) is 27.9 Å². The van der Waals surface area contributed by atoms with E-state index in [0.29, 0.717) is 17.0 Å². The molecular weight excluding hydrogens is 505 g/mol. The van der Waals surface area contributed by atoms with Crippen LogP contribution in [0.2, 0.25) is 9.36 Å². The summed E-state index contributed by atoms with van der Waals surface area (Å²) in [5, 5.41) is 3.26. The molecule has 1 aromatic heterocycles. The monoisotopic (exact) mass is 531 g/mol. The third kappa shape index (κ3) is 5.47. The molecule has 1 saturated carbocycles. The second kappa shape index (κ2) is 11.0. The first-order valence-electron chi connectivity index (χ1n) is 11.5. The summed E-state index contributed by atoms with van der Waals surface area (Å²) in [6.07, 6.45) is 3.99. The van der Waals surface area contributed by atoms with Gasteiger partial charge >= 0.3 is 0 Å². The molecule has 1 atom stereocenters. The van der Waals surface area contributed by atoms with Crippen molar-refractivity contribution in [3.05, 3.63) is 74.2 Å². The lowest BCUT2D eigenvalue weighted by Crippen LogP contribution is -2.46. The van der Waals surface area contributed by atoms with E-state index in [0.717, 1.165) is 48.3 Å². The van der Waals surface area contributed by atoms with Crippen molar-refractivity contribution >= 4 is 52.2 Å².